The maximum absolute atomic E-state index is 12.9. The predicted octanol–water partition coefficient (Wildman–Crippen LogP) is 25.5. The van der Waals surface area contributed by atoms with Gasteiger partial charge in [0, 0.05) is 19.3 Å². The van der Waals surface area contributed by atoms with Gasteiger partial charge in [0.1, 0.15) is 13.2 Å². The third-order valence-corrected chi connectivity index (χ3v) is 16.9. The SMILES string of the molecule is CCCC/C=C\C/C=C\CCCCCCCC(=O)OCC(COC(=O)CCCCCCCCCCCCCCCCCCCCCCCCCCCCCCCCCCC)OC(=O)CCCCCCCCC/C=C\CCCCCCCC. The van der Waals surface area contributed by atoms with Crippen molar-refractivity contribution in [1.82, 2.24) is 0 Å². The van der Waals surface area contributed by atoms with Crippen molar-refractivity contribution in [1.29, 1.82) is 0 Å². The van der Waals surface area contributed by atoms with Crippen LogP contribution in [0.15, 0.2) is 36.5 Å². The third kappa shape index (κ3) is 68.4. The molecule has 0 aromatic rings. The Morgan fingerprint density at radius 1 is 0.244 bits per heavy atom. The van der Waals surface area contributed by atoms with E-state index in [0.717, 1.165) is 77.0 Å². The molecule has 0 aromatic heterocycles. The van der Waals surface area contributed by atoms with E-state index in [-0.39, 0.29) is 31.1 Å². The average Bonchev–Trinajstić information content (AvgIpc) is 3.48. The Morgan fingerprint density at radius 2 is 0.451 bits per heavy atom. The number of carbonyl (C=O) groups is 3. The molecule has 0 amide bonds. The van der Waals surface area contributed by atoms with Gasteiger partial charge in [-0.2, -0.15) is 0 Å². The summed E-state index contributed by atoms with van der Waals surface area (Å²) in [5.74, 6) is -0.866. The van der Waals surface area contributed by atoms with E-state index in [4.69, 9.17) is 14.2 Å². The lowest BCUT2D eigenvalue weighted by molar-refractivity contribution is -0.167. The van der Waals surface area contributed by atoms with E-state index in [1.807, 2.05) is 0 Å². The molecule has 0 rings (SSSR count). The van der Waals surface area contributed by atoms with Crippen molar-refractivity contribution in [3.05, 3.63) is 36.5 Å². The Morgan fingerprint density at radius 3 is 0.720 bits per heavy atom. The predicted molar refractivity (Wildman–Crippen MR) is 358 cm³/mol. The zero-order chi connectivity index (χ0) is 59.2. The van der Waals surface area contributed by atoms with Crippen LogP contribution in [-0.2, 0) is 28.6 Å². The van der Waals surface area contributed by atoms with E-state index in [1.165, 1.54) is 295 Å². The molecule has 82 heavy (non-hydrogen) atoms. The van der Waals surface area contributed by atoms with Crippen molar-refractivity contribution in [2.24, 2.45) is 0 Å². The van der Waals surface area contributed by atoms with Gasteiger partial charge in [0.25, 0.3) is 0 Å². The molecule has 0 aliphatic rings. The minimum Gasteiger partial charge on any atom is -0.462 e. The molecule has 0 N–H and O–H groups in total. The number of carbonyl (C=O) groups excluding carboxylic acids is 3. The van der Waals surface area contributed by atoms with E-state index in [9.17, 15) is 14.4 Å². The second-order valence-electron chi connectivity index (χ2n) is 25.2. The normalized spacial score (nSPS) is 12.2. The molecule has 6 heteroatoms. The molecule has 6 nitrogen and oxygen atoms in total. The Labute approximate surface area is 512 Å². The number of esters is 3. The molecule has 1 atom stereocenters. The van der Waals surface area contributed by atoms with Crippen molar-refractivity contribution >= 4 is 17.9 Å². The van der Waals surface area contributed by atoms with Crippen LogP contribution in [0, 0.1) is 0 Å². The first-order chi connectivity index (χ1) is 40.5. The highest BCUT2D eigenvalue weighted by Crippen LogP contribution is 2.19. The average molecular weight is 1150 g/mol. The van der Waals surface area contributed by atoms with E-state index >= 15 is 0 Å². The molecule has 0 heterocycles. The molecule has 0 spiro atoms. The largest absolute Gasteiger partial charge is 0.462 e. The lowest BCUT2D eigenvalue weighted by Crippen LogP contribution is -2.30. The van der Waals surface area contributed by atoms with Crippen LogP contribution in [0.5, 0.6) is 0 Å². The van der Waals surface area contributed by atoms with Crippen LogP contribution in [0.4, 0.5) is 0 Å². The second kappa shape index (κ2) is 71.1. The fraction of sp³-hybridized carbons (Fsp3) is 0.882. The lowest BCUT2D eigenvalue weighted by atomic mass is 10.0. The van der Waals surface area contributed by atoms with Gasteiger partial charge in [-0.1, -0.05) is 359 Å². The highest BCUT2D eigenvalue weighted by atomic mass is 16.6. The number of hydrogen-bond donors (Lipinski definition) is 0. The van der Waals surface area contributed by atoms with Gasteiger partial charge in [0.05, 0.1) is 0 Å². The van der Waals surface area contributed by atoms with Crippen molar-refractivity contribution in [2.75, 3.05) is 13.2 Å². The summed E-state index contributed by atoms with van der Waals surface area (Å²) in [6.07, 6.45) is 89.2. The quantitative estimate of drug-likeness (QED) is 0.0261. The number of allylic oxidation sites excluding steroid dienone is 6. The zero-order valence-electron chi connectivity index (χ0n) is 55.5. The molecule has 0 bridgehead atoms. The summed E-state index contributed by atoms with van der Waals surface area (Å²) in [5.41, 5.74) is 0. The smallest absolute Gasteiger partial charge is 0.306 e. The zero-order valence-corrected chi connectivity index (χ0v) is 55.5. The first kappa shape index (κ1) is 79.6. The standard InChI is InChI=1S/C76H142O6/c1-4-7-10-13-16-19-22-25-28-30-31-32-33-34-35-36-37-38-39-40-41-42-43-44-45-47-48-51-54-57-60-63-66-69-75(78)81-72-73(71-80-74(77)68-65-62-59-56-53-50-27-24-21-18-15-12-9-6-3)82-76(79)70-67-64-61-58-55-52-49-46-29-26-23-20-17-14-11-8-5-2/h15,18,24,26-27,29,73H,4-14,16-17,19-23,25,28,30-72H2,1-3H3/b18-15-,27-24-,29-26-. The number of rotatable bonds is 69. The fourth-order valence-electron chi connectivity index (χ4n) is 11.3. The summed E-state index contributed by atoms with van der Waals surface area (Å²) >= 11 is 0. The highest BCUT2D eigenvalue weighted by molar-refractivity contribution is 5.71. The fourth-order valence-corrected chi connectivity index (χ4v) is 11.3. The van der Waals surface area contributed by atoms with Gasteiger partial charge >= 0.3 is 17.9 Å². The van der Waals surface area contributed by atoms with Crippen LogP contribution >= 0.6 is 0 Å². The van der Waals surface area contributed by atoms with Crippen LogP contribution in [0.25, 0.3) is 0 Å². The third-order valence-electron chi connectivity index (χ3n) is 16.9. The van der Waals surface area contributed by atoms with E-state index in [2.05, 4.69) is 57.2 Å². The Hall–Kier alpha value is -2.37. The lowest BCUT2D eigenvalue weighted by Gasteiger charge is -2.18. The summed E-state index contributed by atoms with van der Waals surface area (Å²) in [5, 5.41) is 0. The maximum Gasteiger partial charge on any atom is 0.306 e. The summed E-state index contributed by atoms with van der Waals surface area (Å²) in [4.78, 5) is 38.4. The molecule has 0 aromatic carbocycles. The summed E-state index contributed by atoms with van der Waals surface area (Å²) < 4.78 is 17.0. The minimum absolute atomic E-state index is 0.0741. The van der Waals surface area contributed by atoms with Crippen LogP contribution in [-0.4, -0.2) is 37.2 Å². The molecule has 1 unspecified atom stereocenters. The monoisotopic (exact) mass is 1150 g/mol. The number of hydrogen-bond acceptors (Lipinski definition) is 6. The molecule has 0 fully saturated rings. The van der Waals surface area contributed by atoms with Crippen LogP contribution in [0.1, 0.15) is 412 Å². The van der Waals surface area contributed by atoms with Gasteiger partial charge in [-0.15, -0.1) is 0 Å². The van der Waals surface area contributed by atoms with Gasteiger partial charge in [0.15, 0.2) is 6.10 Å². The molecule has 0 saturated carbocycles. The van der Waals surface area contributed by atoms with E-state index in [0.29, 0.717) is 19.3 Å². The summed E-state index contributed by atoms with van der Waals surface area (Å²) in [7, 11) is 0. The summed E-state index contributed by atoms with van der Waals surface area (Å²) in [6, 6.07) is 0. The molecular weight excluding hydrogens is 1010 g/mol. The Bertz CT molecular complexity index is 1370. The number of unbranched alkanes of at least 4 members (excludes halogenated alkanes) is 52. The molecule has 0 saturated heterocycles. The topological polar surface area (TPSA) is 78.9 Å². The highest BCUT2D eigenvalue weighted by Gasteiger charge is 2.19. The summed E-state index contributed by atoms with van der Waals surface area (Å²) in [6.45, 7) is 6.65. The maximum atomic E-state index is 12.9. The van der Waals surface area contributed by atoms with E-state index in [1.54, 1.807) is 0 Å². The second-order valence-corrected chi connectivity index (χ2v) is 25.2. The van der Waals surface area contributed by atoms with Crippen LogP contribution in [0.3, 0.4) is 0 Å². The van der Waals surface area contributed by atoms with E-state index < -0.39 is 6.10 Å². The van der Waals surface area contributed by atoms with Crippen molar-refractivity contribution in [3.8, 4) is 0 Å². The van der Waals surface area contributed by atoms with Gasteiger partial charge in [-0.25, -0.2) is 0 Å². The van der Waals surface area contributed by atoms with Crippen molar-refractivity contribution in [3.63, 3.8) is 0 Å². The van der Waals surface area contributed by atoms with Crippen molar-refractivity contribution < 1.29 is 28.6 Å². The van der Waals surface area contributed by atoms with Gasteiger partial charge in [-0.05, 0) is 70.6 Å². The molecular formula is C76H142O6. The first-order valence-electron chi connectivity index (χ1n) is 37.0. The molecule has 482 valence electrons. The Balaban J connectivity index is 4.11. The van der Waals surface area contributed by atoms with Gasteiger partial charge in [0.2, 0.25) is 0 Å². The molecule has 0 aliphatic carbocycles. The molecule has 0 aliphatic heterocycles. The first-order valence-corrected chi connectivity index (χ1v) is 37.0. The van der Waals surface area contributed by atoms with Crippen molar-refractivity contribution in [2.45, 2.75) is 419 Å². The minimum atomic E-state index is -0.779. The molecule has 0 radical (unpaired) electrons. The van der Waals surface area contributed by atoms with Gasteiger partial charge in [-0.3, -0.25) is 14.4 Å². The number of ether oxygens (including phenoxy) is 3. The van der Waals surface area contributed by atoms with Gasteiger partial charge < -0.3 is 14.2 Å². The van der Waals surface area contributed by atoms with Crippen LogP contribution < -0.4 is 0 Å². The Kier molecular flexibility index (Phi) is 69.1. The van der Waals surface area contributed by atoms with Crippen LogP contribution in [0.2, 0.25) is 0 Å².